The first-order chi connectivity index (χ1) is 11.2. The van der Waals surface area contributed by atoms with Gasteiger partial charge in [-0.25, -0.2) is 0 Å². The number of hydrogen-bond donors (Lipinski definition) is 0. The second-order valence-electron chi connectivity index (χ2n) is 5.42. The molecule has 5 nitrogen and oxygen atoms in total. The number of Topliss-reactive ketones (excluding diaryl/α,β-unsaturated/α-hetero) is 1. The number of rotatable bonds is 4. The molecule has 118 valence electrons. The van der Waals surface area contributed by atoms with E-state index in [0.717, 1.165) is 37.7 Å². The lowest BCUT2D eigenvalue weighted by Gasteiger charge is -2.28. The third-order valence-corrected chi connectivity index (χ3v) is 3.78. The van der Waals surface area contributed by atoms with Crippen LogP contribution >= 0.6 is 0 Å². The van der Waals surface area contributed by atoms with Gasteiger partial charge in [-0.3, -0.25) is 4.79 Å². The minimum Gasteiger partial charge on any atom is -0.378 e. The summed E-state index contributed by atoms with van der Waals surface area (Å²) >= 11 is 0. The molecule has 0 aromatic heterocycles. The smallest absolute Gasteiger partial charge is 0.159 e. The SMILES string of the molecule is CC(=O)c1ccc(N=Nc2ccc(N3CCOCC3)cc2)cc1. The van der Waals surface area contributed by atoms with E-state index >= 15 is 0 Å². The van der Waals surface area contributed by atoms with E-state index in [9.17, 15) is 4.79 Å². The van der Waals surface area contributed by atoms with E-state index in [4.69, 9.17) is 4.74 Å². The van der Waals surface area contributed by atoms with Crippen LogP contribution in [0.15, 0.2) is 58.8 Å². The van der Waals surface area contributed by atoms with E-state index in [1.54, 1.807) is 31.2 Å². The van der Waals surface area contributed by atoms with E-state index in [2.05, 4.69) is 27.3 Å². The Bertz CT molecular complexity index is 687. The Labute approximate surface area is 135 Å². The largest absolute Gasteiger partial charge is 0.378 e. The van der Waals surface area contributed by atoms with Gasteiger partial charge in [0, 0.05) is 24.3 Å². The molecule has 1 aliphatic rings. The van der Waals surface area contributed by atoms with E-state index < -0.39 is 0 Å². The first-order valence-electron chi connectivity index (χ1n) is 7.68. The molecular formula is C18H19N3O2. The van der Waals surface area contributed by atoms with Crippen LogP contribution < -0.4 is 4.90 Å². The van der Waals surface area contributed by atoms with Crippen LogP contribution in [0, 0.1) is 0 Å². The first kappa shape index (κ1) is 15.4. The Morgan fingerprint density at radius 1 is 0.913 bits per heavy atom. The number of benzene rings is 2. The second kappa shape index (κ2) is 7.15. The summed E-state index contributed by atoms with van der Waals surface area (Å²) in [4.78, 5) is 13.5. The van der Waals surface area contributed by atoms with Crippen molar-refractivity contribution in [1.29, 1.82) is 0 Å². The number of carbonyl (C=O) groups is 1. The first-order valence-corrected chi connectivity index (χ1v) is 7.68. The van der Waals surface area contributed by atoms with Crippen molar-refractivity contribution in [2.75, 3.05) is 31.2 Å². The molecule has 1 aliphatic heterocycles. The third-order valence-electron chi connectivity index (χ3n) is 3.78. The molecule has 5 heteroatoms. The van der Waals surface area contributed by atoms with Crippen molar-refractivity contribution in [2.24, 2.45) is 10.2 Å². The van der Waals surface area contributed by atoms with Crippen LogP contribution in [0.3, 0.4) is 0 Å². The molecule has 0 atom stereocenters. The number of hydrogen-bond acceptors (Lipinski definition) is 5. The van der Waals surface area contributed by atoms with Crippen LogP contribution in [0.2, 0.25) is 0 Å². The maximum Gasteiger partial charge on any atom is 0.159 e. The number of ether oxygens (including phenoxy) is 1. The van der Waals surface area contributed by atoms with Crippen LogP contribution in [0.25, 0.3) is 0 Å². The zero-order chi connectivity index (χ0) is 16.1. The molecular weight excluding hydrogens is 290 g/mol. The highest BCUT2D eigenvalue weighted by Gasteiger charge is 2.10. The van der Waals surface area contributed by atoms with Gasteiger partial charge in [-0.1, -0.05) is 0 Å². The molecule has 3 rings (SSSR count). The lowest BCUT2D eigenvalue weighted by molar-refractivity contribution is 0.101. The summed E-state index contributed by atoms with van der Waals surface area (Å²) in [5.41, 5.74) is 3.39. The number of anilines is 1. The van der Waals surface area contributed by atoms with Crippen LogP contribution in [0.1, 0.15) is 17.3 Å². The summed E-state index contributed by atoms with van der Waals surface area (Å²) in [5, 5.41) is 8.43. The fraction of sp³-hybridized carbons (Fsp3) is 0.278. The summed E-state index contributed by atoms with van der Waals surface area (Å²) in [7, 11) is 0. The van der Waals surface area contributed by atoms with Gasteiger partial charge in [0.1, 0.15) is 0 Å². The minimum absolute atomic E-state index is 0.0483. The zero-order valence-electron chi connectivity index (χ0n) is 13.1. The Morgan fingerprint density at radius 3 is 1.96 bits per heavy atom. The van der Waals surface area contributed by atoms with E-state index in [0.29, 0.717) is 5.56 Å². The normalized spacial score (nSPS) is 15.1. The molecule has 1 saturated heterocycles. The maximum absolute atomic E-state index is 11.2. The molecule has 0 spiro atoms. The maximum atomic E-state index is 11.2. The molecule has 0 unspecified atom stereocenters. The third kappa shape index (κ3) is 4.02. The van der Waals surface area contributed by atoms with Gasteiger partial charge in [-0.05, 0) is 55.5 Å². The highest BCUT2D eigenvalue weighted by Crippen LogP contribution is 2.23. The van der Waals surface area contributed by atoms with Crippen molar-refractivity contribution >= 4 is 22.8 Å². The van der Waals surface area contributed by atoms with Crippen LogP contribution in [0.4, 0.5) is 17.1 Å². The second-order valence-corrected chi connectivity index (χ2v) is 5.42. The summed E-state index contributed by atoms with van der Waals surface area (Å²) in [5.74, 6) is 0.0483. The van der Waals surface area contributed by atoms with Crippen molar-refractivity contribution in [3.8, 4) is 0 Å². The number of nitrogens with zero attached hydrogens (tertiary/aromatic N) is 3. The number of morpholine rings is 1. The lowest BCUT2D eigenvalue weighted by Crippen LogP contribution is -2.36. The summed E-state index contributed by atoms with van der Waals surface area (Å²) in [6, 6.07) is 15.1. The standard InChI is InChI=1S/C18H19N3O2/c1-14(22)15-2-4-16(5-3-15)19-20-17-6-8-18(9-7-17)21-10-12-23-13-11-21/h2-9H,10-13H2,1H3. The number of azo groups is 1. The van der Waals surface area contributed by atoms with Gasteiger partial charge in [0.05, 0.1) is 24.6 Å². The monoisotopic (exact) mass is 309 g/mol. The summed E-state index contributed by atoms with van der Waals surface area (Å²) in [6.07, 6.45) is 0. The summed E-state index contributed by atoms with van der Waals surface area (Å²) in [6.45, 7) is 4.94. The summed E-state index contributed by atoms with van der Waals surface area (Å²) < 4.78 is 5.36. The molecule has 0 N–H and O–H groups in total. The Balaban J connectivity index is 1.66. The number of carbonyl (C=O) groups excluding carboxylic acids is 1. The molecule has 0 aliphatic carbocycles. The predicted molar refractivity (Wildman–Crippen MR) is 90.1 cm³/mol. The molecule has 1 heterocycles. The van der Waals surface area contributed by atoms with Crippen LogP contribution in [-0.2, 0) is 4.74 Å². The molecule has 0 bridgehead atoms. The molecule has 2 aromatic rings. The topological polar surface area (TPSA) is 54.3 Å². The van der Waals surface area contributed by atoms with E-state index in [-0.39, 0.29) is 5.78 Å². The quantitative estimate of drug-likeness (QED) is 0.630. The van der Waals surface area contributed by atoms with Gasteiger partial charge in [0.15, 0.2) is 5.78 Å². The van der Waals surface area contributed by atoms with Gasteiger partial charge in [-0.2, -0.15) is 10.2 Å². The Morgan fingerprint density at radius 2 is 1.43 bits per heavy atom. The Hall–Kier alpha value is -2.53. The lowest BCUT2D eigenvalue weighted by atomic mass is 10.1. The predicted octanol–water partition coefficient (Wildman–Crippen LogP) is 4.14. The molecule has 2 aromatic carbocycles. The van der Waals surface area contributed by atoms with Gasteiger partial charge in [0.25, 0.3) is 0 Å². The minimum atomic E-state index is 0.0483. The van der Waals surface area contributed by atoms with Crippen LogP contribution in [-0.4, -0.2) is 32.1 Å². The molecule has 0 saturated carbocycles. The van der Waals surface area contributed by atoms with E-state index in [1.165, 1.54) is 5.69 Å². The Kier molecular flexibility index (Phi) is 4.78. The van der Waals surface area contributed by atoms with Crippen molar-refractivity contribution in [1.82, 2.24) is 0 Å². The van der Waals surface area contributed by atoms with E-state index in [1.807, 2.05) is 12.1 Å². The van der Waals surface area contributed by atoms with Gasteiger partial charge in [-0.15, -0.1) is 0 Å². The fourth-order valence-corrected chi connectivity index (χ4v) is 2.43. The van der Waals surface area contributed by atoms with Crippen molar-refractivity contribution < 1.29 is 9.53 Å². The number of ketones is 1. The zero-order valence-corrected chi connectivity index (χ0v) is 13.1. The average Bonchev–Trinajstić information content (AvgIpc) is 2.61. The van der Waals surface area contributed by atoms with Crippen molar-refractivity contribution in [3.05, 3.63) is 54.1 Å². The van der Waals surface area contributed by atoms with Gasteiger partial charge >= 0.3 is 0 Å². The highest BCUT2D eigenvalue weighted by molar-refractivity contribution is 5.94. The molecule has 1 fully saturated rings. The van der Waals surface area contributed by atoms with Crippen molar-refractivity contribution in [2.45, 2.75) is 6.92 Å². The molecule has 23 heavy (non-hydrogen) atoms. The highest BCUT2D eigenvalue weighted by atomic mass is 16.5. The van der Waals surface area contributed by atoms with Crippen LogP contribution in [0.5, 0.6) is 0 Å². The molecule has 0 radical (unpaired) electrons. The fourth-order valence-electron chi connectivity index (χ4n) is 2.43. The van der Waals surface area contributed by atoms with Gasteiger partial charge in [0.2, 0.25) is 0 Å². The van der Waals surface area contributed by atoms with Crippen molar-refractivity contribution in [3.63, 3.8) is 0 Å². The molecule has 0 amide bonds. The van der Waals surface area contributed by atoms with Gasteiger partial charge < -0.3 is 9.64 Å². The average molecular weight is 309 g/mol.